The van der Waals surface area contributed by atoms with Gasteiger partial charge in [-0.15, -0.1) is 0 Å². The van der Waals surface area contributed by atoms with Gasteiger partial charge < -0.3 is 5.11 Å². The molecule has 0 spiro atoms. The average Bonchev–Trinajstić information content (AvgIpc) is 2.88. The van der Waals surface area contributed by atoms with Crippen LogP contribution in [0.2, 0.25) is 15.1 Å². The molecule has 1 N–H and O–H groups in total. The van der Waals surface area contributed by atoms with Gasteiger partial charge in [0.25, 0.3) is 0 Å². The number of carboxylic acids is 1. The Kier molecular flexibility index (Phi) is 3.95. The first-order valence-electron chi connectivity index (χ1n) is 6.15. The molecule has 0 bridgehead atoms. The molecule has 3 aromatic rings. The zero-order valence-electron chi connectivity index (χ0n) is 10.9. The van der Waals surface area contributed by atoms with E-state index in [9.17, 15) is 4.79 Å². The molecule has 0 radical (unpaired) electrons. The van der Waals surface area contributed by atoms with E-state index in [1.54, 1.807) is 29.1 Å². The third-order valence-electron chi connectivity index (χ3n) is 3.10. The van der Waals surface area contributed by atoms with Gasteiger partial charge in [0, 0.05) is 5.39 Å². The highest BCUT2D eigenvalue weighted by Crippen LogP contribution is 2.36. The number of carboxylic acid groups (broad SMARTS) is 1. The first kappa shape index (κ1) is 15.1. The van der Waals surface area contributed by atoms with Crippen LogP contribution >= 0.6 is 34.8 Å². The minimum absolute atomic E-state index is 0.0267. The summed E-state index contributed by atoms with van der Waals surface area (Å²) in [6.45, 7) is 0.266. The largest absolute Gasteiger partial charge is 0.477 e. The molecule has 2 aromatic heterocycles. The highest BCUT2D eigenvalue weighted by Gasteiger charge is 2.15. The second-order valence-corrected chi connectivity index (χ2v) is 5.71. The third-order valence-corrected chi connectivity index (χ3v) is 4.35. The highest BCUT2D eigenvalue weighted by atomic mass is 35.5. The topological polar surface area (TPSA) is 68.0 Å². The molecular formula is C14H8Cl3N3O2. The molecule has 0 atom stereocenters. The zero-order valence-corrected chi connectivity index (χ0v) is 13.2. The van der Waals surface area contributed by atoms with Crippen LogP contribution in [0.25, 0.3) is 10.9 Å². The monoisotopic (exact) mass is 355 g/mol. The molecule has 5 nitrogen and oxygen atoms in total. The lowest BCUT2D eigenvalue weighted by molar-refractivity contribution is 0.0690. The molecule has 0 saturated carbocycles. The van der Waals surface area contributed by atoms with Crippen LogP contribution in [-0.4, -0.2) is 25.8 Å². The fourth-order valence-electron chi connectivity index (χ4n) is 2.11. The van der Waals surface area contributed by atoms with Crippen LogP contribution in [0.1, 0.15) is 16.2 Å². The van der Waals surface area contributed by atoms with Gasteiger partial charge in [-0.25, -0.2) is 9.78 Å². The van der Waals surface area contributed by atoms with Crippen molar-refractivity contribution in [2.75, 3.05) is 0 Å². The Bertz CT molecular complexity index is 892. The maximum Gasteiger partial charge on any atom is 0.354 e. The van der Waals surface area contributed by atoms with Crippen molar-refractivity contribution in [3.8, 4) is 0 Å². The van der Waals surface area contributed by atoms with Gasteiger partial charge in [-0.05, 0) is 18.2 Å². The van der Waals surface area contributed by atoms with E-state index in [4.69, 9.17) is 39.9 Å². The summed E-state index contributed by atoms with van der Waals surface area (Å²) in [6.07, 6.45) is 1.62. The van der Waals surface area contributed by atoms with Gasteiger partial charge in [-0.2, -0.15) is 5.10 Å². The predicted octanol–water partition coefficient (Wildman–Crippen LogP) is 4.14. The smallest absolute Gasteiger partial charge is 0.354 e. The molecule has 8 heteroatoms. The van der Waals surface area contributed by atoms with Crippen molar-refractivity contribution in [1.29, 1.82) is 0 Å². The van der Waals surface area contributed by atoms with Crippen molar-refractivity contribution in [3.05, 3.63) is 56.9 Å². The number of aromatic nitrogens is 3. The van der Waals surface area contributed by atoms with Crippen LogP contribution in [0, 0.1) is 0 Å². The lowest BCUT2D eigenvalue weighted by atomic mass is 10.2. The molecule has 0 aliphatic carbocycles. The van der Waals surface area contributed by atoms with Gasteiger partial charge in [-0.1, -0.05) is 40.9 Å². The summed E-state index contributed by atoms with van der Waals surface area (Å²) >= 11 is 18.3. The number of nitrogens with zero attached hydrogens (tertiary/aromatic N) is 3. The lowest BCUT2D eigenvalue weighted by Gasteiger charge is -2.07. The van der Waals surface area contributed by atoms with E-state index in [-0.39, 0.29) is 17.3 Å². The second-order valence-electron chi connectivity index (χ2n) is 4.55. The van der Waals surface area contributed by atoms with E-state index < -0.39 is 5.97 Å². The summed E-state index contributed by atoms with van der Waals surface area (Å²) < 4.78 is 1.60. The summed E-state index contributed by atoms with van der Waals surface area (Å²) in [7, 11) is 0. The van der Waals surface area contributed by atoms with Crippen LogP contribution < -0.4 is 0 Å². The number of benzene rings is 1. The Balaban J connectivity index is 2.06. The van der Waals surface area contributed by atoms with Gasteiger partial charge in [0.1, 0.15) is 5.69 Å². The van der Waals surface area contributed by atoms with E-state index in [1.807, 2.05) is 0 Å². The molecule has 0 aliphatic rings. The fourth-order valence-corrected chi connectivity index (χ4v) is 2.83. The van der Waals surface area contributed by atoms with Crippen molar-refractivity contribution in [2.45, 2.75) is 6.54 Å². The summed E-state index contributed by atoms with van der Waals surface area (Å²) in [4.78, 5) is 15.0. The van der Waals surface area contributed by atoms with Crippen LogP contribution in [0.5, 0.6) is 0 Å². The summed E-state index contributed by atoms with van der Waals surface area (Å²) in [5.74, 6) is -1.08. The van der Waals surface area contributed by atoms with Crippen LogP contribution in [0.15, 0.2) is 30.5 Å². The van der Waals surface area contributed by atoms with Crippen molar-refractivity contribution in [1.82, 2.24) is 14.8 Å². The molecule has 0 saturated heterocycles. The van der Waals surface area contributed by atoms with Gasteiger partial charge in [0.2, 0.25) is 0 Å². The van der Waals surface area contributed by atoms with Gasteiger partial charge >= 0.3 is 5.97 Å². The first-order valence-corrected chi connectivity index (χ1v) is 7.29. The molecule has 0 aliphatic heterocycles. The molecule has 22 heavy (non-hydrogen) atoms. The van der Waals surface area contributed by atoms with E-state index >= 15 is 0 Å². The Morgan fingerprint density at radius 3 is 2.73 bits per heavy atom. The number of fused-ring (bicyclic) bond motifs is 1. The number of hydrogen-bond donors (Lipinski definition) is 1. The molecule has 1 aromatic carbocycles. The molecule has 3 rings (SSSR count). The Morgan fingerprint density at radius 2 is 2.00 bits per heavy atom. The number of rotatable bonds is 3. The quantitative estimate of drug-likeness (QED) is 0.716. The number of carbonyl (C=O) groups is 1. The van der Waals surface area contributed by atoms with Crippen LogP contribution in [-0.2, 0) is 6.54 Å². The minimum atomic E-state index is -1.08. The molecular weight excluding hydrogens is 349 g/mol. The summed E-state index contributed by atoms with van der Waals surface area (Å²) in [6, 6.07) is 6.45. The zero-order chi connectivity index (χ0) is 15.9. The molecule has 0 unspecified atom stereocenters. The number of halogens is 3. The van der Waals surface area contributed by atoms with Crippen molar-refractivity contribution >= 4 is 51.7 Å². The summed E-state index contributed by atoms with van der Waals surface area (Å²) in [5, 5.41) is 14.9. The van der Waals surface area contributed by atoms with E-state index in [0.717, 1.165) is 5.39 Å². The molecule has 112 valence electrons. The first-order chi connectivity index (χ1) is 10.5. The van der Waals surface area contributed by atoms with E-state index in [1.165, 1.54) is 6.07 Å². The molecule has 0 amide bonds. The maximum atomic E-state index is 11.0. The number of pyridine rings is 1. The minimum Gasteiger partial charge on any atom is -0.477 e. The molecule has 0 fully saturated rings. The van der Waals surface area contributed by atoms with E-state index in [0.29, 0.717) is 21.3 Å². The summed E-state index contributed by atoms with van der Waals surface area (Å²) in [5.41, 5.74) is 1.15. The normalized spacial score (nSPS) is 11.0. The standard InChI is InChI=1S/C14H8Cl3N3O2/c15-9-4-7-5-18-20(13(7)12(17)11(9)16)6-8-2-1-3-10(19-8)14(21)22/h1-5H,6H2,(H,21,22). The highest BCUT2D eigenvalue weighted by molar-refractivity contribution is 6.50. The molecule has 2 heterocycles. The van der Waals surface area contributed by atoms with Crippen molar-refractivity contribution < 1.29 is 9.90 Å². The van der Waals surface area contributed by atoms with E-state index in [2.05, 4.69) is 10.1 Å². The Morgan fingerprint density at radius 1 is 1.23 bits per heavy atom. The Labute approximate surface area is 140 Å². The third kappa shape index (κ3) is 2.63. The average molecular weight is 357 g/mol. The van der Waals surface area contributed by atoms with Gasteiger partial charge in [-0.3, -0.25) is 4.68 Å². The Hall–Kier alpha value is -1.82. The second kappa shape index (κ2) is 5.76. The van der Waals surface area contributed by atoms with Crippen molar-refractivity contribution in [3.63, 3.8) is 0 Å². The number of aromatic carboxylic acids is 1. The predicted molar refractivity (Wildman–Crippen MR) is 85.1 cm³/mol. The van der Waals surface area contributed by atoms with Gasteiger partial charge in [0.05, 0.1) is 39.0 Å². The maximum absolute atomic E-state index is 11.0. The van der Waals surface area contributed by atoms with Gasteiger partial charge in [0.15, 0.2) is 0 Å². The SMILES string of the molecule is O=C(O)c1cccc(Cn2ncc3cc(Cl)c(Cl)c(Cl)c32)n1. The fraction of sp³-hybridized carbons (Fsp3) is 0.0714. The lowest BCUT2D eigenvalue weighted by Crippen LogP contribution is -2.07. The number of hydrogen-bond acceptors (Lipinski definition) is 3. The van der Waals surface area contributed by atoms with Crippen LogP contribution in [0.4, 0.5) is 0 Å². The van der Waals surface area contributed by atoms with Crippen molar-refractivity contribution in [2.24, 2.45) is 0 Å². The van der Waals surface area contributed by atoms with Crippen LogP contribution in [0.3, 0.4) is 0 Å².